The predicted octanol–water partition coefficient (Wildman–Crippen LogP) is 0.872. The van der Waals surface area contributed by atoms with Crippen molar-refractivity contribution in [2.45, 2.75) is 37.4 Å². The molecule has 11 nitrogen and oxygen atoms in total. The van der Waals surface area contributed by atoms with Gasteiger partial charge in [-0.1, -0.05) is 30.3 Å². The summed E-state index contributed by atoms with van der Waals surface area (Å²) in [5.41, 5.74) is -0.122. The van der Waals surface area contributed by atoms with Crippen molar-refractivity contribution in [1.82, 2.24) is 20.4 Å². The van der Waals surface area contributed by atoms with Gasteiger partial charge in [-0.3, -0.25) is 4.79 Å². The number of nitrogens with one attached hydrogen (secondary N) is 2. The van der Waals surface area contributed by atoms with Gasteiger partial charge < -0.3 is 25.2 Å². The smallest absolute Gasteiger partial charge is 0.410 e. The van der Waals surface area contributed by atoms with E-state index >= 15 is 0 Å². The maximum absolute atomic E-state index is 13.0. The van der Waals surface area contributed by atoms with E-state index in [1.54, 1.807) is 57.2 Å². The zero-order chi connectivity index (χ0) is 25.4. The molecule has 34 heavy (non-hydrogen) atoms. The van der Waals surface area contributed by atoms with Gasteiger partial charge in [0, 0.05) is 32.7 Å². The summed E-state index contributed by atoms with van der Waals surface area (Å²) in [7, 11) is -3.99. The third kappa shape index (κ3) is 8.22. The summed E-state index contributed by atoms with van der Waals surface area (Å²) < 4.78 is 31.2. The molecule has 12 heteroatoms. The van der Waals surface area contributed by atoms with Gasteiger partial charge in [0.05, 0.1) is 11.8 Å². The molecule has 1 fully saturated rings. The number of nitriles is 1. The van der Waals surface area contributed by atoms with Crippen molar-refractivity contribution in [3.8, 4) is 6.07 Å². The molecule has 1 aromatic carbocycles. The molecule has 0 spiro atoms. The van der Waals surface area contributed by atoms with E-state index in [4.69, 9.17) is 10.00 Å². The first-order valence-corrected chi connectivity index (χ1v) is 12.6. The van der Waals surface area contributed by atoms with Crippen LogP contribution in [-0.4, -0.2) is 86.4 Å². The Balaban J connectivity index is 1.99. The van der Waals surface area contributed by atoms with Crippen LogP contribution in [0.4, 0.5) is 9.59 Å². The Morgan fingerprint density at radius 3 is 2.21 bits per heavy atom. The van der Waals surface area contributed by atoms with Crippen LogP contribution in [0.25, 0.3) is 0 Å². The van der Waals surface area contributed by atoms with Gasteiger partial charge in [-0.2, -0.15) is 5.26 Å². The molecule has 1 aliphatic rings. The zero-order valence-electron chi connectivity index (χ0n) is 19.6. The van der Waals surface area contributed by atoms with Crippen molar-refractivity contribution >= 4 is 27.9 Å². The average molecular weight is 494 g/mol. The van der Waals surface area contributed by atoms with Crippen LogP contribution in [0.15, 0.2) is 30.3 Å². The standard InChI is InChI=1S/C22H31N5O6S/c1-22(2,3)33-21(30)27-13-11-26(12-14-27)20(29)25-15-18(19(28)24-10-9-23)34(31,32)16-17-7-5-4-6-8-17/h4-8,18H,10-16H2,1-3H3,(H,24,28)(H,25,29). The summed E-state index contributed by atoms with van der Waals surface area (Å²) >= 11 is 0. The van der Waals surface area contributed by atoms with Crippen LogP contribution in [-0.2, 0) is 25.1 Å². The van der Waals surface area contributed by atoms with Crippen LogP contribution in [0.1, 0.15) is 26.3 Å². The second-order valence-corrected chi connectivity index (χ2v) is 11.0. The van der Waals surface area contributed by atoms with E-state index in [-0.39, 0.29) is 38.5 Å². The molecule has 0 aliphatic carbocycles. The quantitative estimate of drug-likeness (QED) is 0.535. The Morgan fingerprint density at radius 1 is 1.06 bits per heavy atom. The first-order valence-electron chi connectivity index (χ1n) is 10.8. The van der Waals surface area contributed by atoms with Crippen LogP contribution in [0, 0.1) is 11.3 Å². The second-order valence-electron chi connectivity index (χ2n) is 8.80. The lowest BCUT2D eigenvalue weighted by atomic mass is 10.2. The SMILES string of the molecule is CC(C)(C)OC(=O)N1CCN(C(=O)NCC(C(=O)NCC#N)S(=O)(=O)Cc2ccccc2)CC1. The number of rotatable bonds is 7. The molecule has 0 saturated carbocycles. The van der Waals surface area contributed by atoms with Crippen LogP contribution < -0.4 is 10.6 Å². The number of hydrogen-bond acceptors (Lipinski definition) is 7. The maximum Gasteiger partial charge on any atom is 0.410 e. The van der Waals surface area contributed by atoms with Crippen molar-refractivity contribution in [2.24, 2.45) is 0 Å². The molecule has 0 aromatic heterocycles. The Bertz CT molecular complexity index is 1010. The van der Waals surface area contributed by atoms with Crippen LogP contribution in [0.2, 0.25) is 0 Å². The Morgan fingerprint density at radius 2 is 1.65 bits per heavy atom. The number of piperazine rings is 1. The van der Waals surface area contributed by atoms with E-state index < -0.39 is 45.3 Å². The molecule has 2 rings (SSSR count). The minimum absolute atomic E-state index is 0.229. The number of sulfone groups is 1. The molecule has 1 saturated heterocycles. The summed E-state index contributed by atoms with van der Waals surface area (Å²) in [6, 6.07) is 9.57. The normalized spacial score (nSPS) is 15.1. The Labute approximate surface area is 200 Å². The zero-order valence-corrected chi connectivity index (χ0v) is 20.4. The molecule has 2 N–H and O–H groups in total. The lowest BCUT2D eigenvalue weighted by Gasteiger charge is -2.35. The molecular weight excluding hydrogens is 462 g/mol. The third-order valence-corrected chi connectivity index (χ3v) is 6.92. The minimum Gasteiger partial charge on any atom is -0.444 e. The molecule has 0 radical (unpaired) electrons. The van der Waals surface area contributed by atoms with E-state index in [2.05, 4.69) is 10.6 Å². The van der Waals surface area contributed by atoms with Gasteiger partial charge in [0.15, 0.2) is 15.1 Å². The highest BCUT2D eigenvalue weighted by molar-refractivity contribution is 7.92. The van der Waals surface area contributed by atoms with Crippen LogP contribution in [0.5, 0.6) is 0 Å². The van der Waals surface area contributed by atoms with Gasteiger partial charge in [-0.15, -0.1) is 0 Å². The molecule has 4 amide bonds. The molecular formula is C22H31N5O6S. The molecule has 0 bridgehead atoms. The van der Waals surface area contributed by atoms with E-state index in [0.717, 1.165) is 0 Å². The lowest BCUT2D eigenvalue weighted by molar-refractivity contribution is -0.120. The monoisotopic (exact) mass is 493 g/mol. The fraction of sp³-hybridized carbons (Fsp3) is 0.545. The number of carbonyl (C=O) groups excluding carboxylic acids is 3. The summed E-state index contributed by atoms with van der Waals surface area (Å²) in [6.45, 7) is 5.49. The van der Waals surface area contributed by atoms with Crippen molar-refractivity contribution < 1.29 is 27.5 Å². The van der Waals surface area contributed by atoms with E-state index in [0.29, 0.717) is 5.56 Å². The van der Waals surface area contributed by atoms with Gasteiger partial charge in [0.2, 0.25) is 5.91 Å². The van der Waals surface area contributed by atoms with Crippen LogP contribution >= 0.6 is 0 Å². The highest BCUT2D eigenvalue weighted by atomic mass is 32.2. The van der Waals surface area contributed by atoms with Gasteiger partial charge in [0.1, 0.15) is 12.1 Å². The number of urea groups is 1. The first kappa shape index (κ1) is 26.9. The molecule has 1 aliphatic heterocycles. The Kier molecular flexibility index (Phi) is 9.26. The highest BCUT2D eigenvalue weighted by Gasteiger charge is 2.34. The van der Waals surface area contributed by atoms with Gasteiger partial charge >= 0.3 is 12.1 Å². The summed E-state index contributed by atoms with van der Waals surface area (Å²) in [5.74, 6) is -1.24. The lowest BCUT2D eigenvalue weighted by Crippen LogP contribution is -2.55. The molecule has 1 aromatic rings. The number of hydrogen-bond donors (Lipinski definition) is 2. The van der Waals surface area contributed by atoms with Crippen molar-refractivity contribution in [3.63, 3.8) is 0 Å². The van der Waals surface area contributed by atoms with Crippen molar-refractivity contribution in [3.05, 3.63) is 35.9 Å². The van der Waals surface area contributed by atoms with E-state index in [1.165, 1.54) is 9.80 Å². The largest absolute Gasteiger partial charge is 0.444 e. The van der Waals surface area contributed by atoms with Gasteiger partial charge in [0.25, 0.3) is 0 Å². The average Bonchev–Trinajstić information content (AvgIpc) is 2.76. The van der Waals surface area contributed by atoms with Crippen LogP contribution in [0.3, 0.4) is 0 Å². The maximum atomic E-state index is 13.0. The fourth-order valence-corrected chi connectivity index (χ4v) is 4.85. The number of carbonyl (C=O) groups is 3. The minimum atomic E-state index is -3.99. The van der Waals surface area contributed by atoms with E-state index in [1.807, 2.05) is 0 Å². The van der Waals surface area contributed by atoms with Gasteiger partial charge in [-0.05, 0) is 26.3 Å². The predicted molar refractivity (Wildman–Crippen MR) is 124 cm³/mol. The van der Waals surface area contributed by atoms with Crippen molar-refractivity contribution in [2.75, 3.05) is 39.3 Å². The first-order chi connectivity index (χ1) is 15.9. The van der Waals surface area contributed by atoms with Crippen molar-refractivity contribution in [1.29, 1.82) is 5.26 Å². The summed E-state index contributed by atoms with van der Waals surface area (Å²) in [4.78, 5) is 40.2. The number of nitrogens with zero attached hydrogens (tertiary/aromatic N) is 3. The Hall–Kier alpha value is -3.33. The number of amides is 4. The molecule has 186 valence electrons. The van der Waals surface area contributed by atoms with Gasteiger partial charge in [-0.25, -0.2) is 18.0 Å². The van der Waals surface area contributed by atoms with E-state index in [9.17, 15) is 22.8 Å². The highest BCUT2D eigenvalue weighted by Crippen LogP contribution is 2.13. The number of benzene rings is 1. The third-order valence-electron chi connectivity index (χ3n) is 4.94. The number of ether oxygens (including phenoxy) is 1. The molecule has 1 heterocycles. The fourth-order valence-electron chi connectivity index (χ4n) is 3.24. The summed E-state index contributed by atoms with van der Waals surface area (Å²) in [6.07, 6.45) is -0.464. The summed E-state index contributed by atoms with van der Waals surface area (Å²) in [5, 5.41) is 11.9. The molecule has 1 atom stereocenters. The second kappa shape index (κ2) is 11.7. The topological polar surface area (TPSA) is 149 Å². The molecule has 1 unspecified atom stereocenters.